The van der Waals surface area contributed by atoms with Crippen LogP contribution in [-0.2, 0) is 0 Å². The molecule has 160 valence electrons. The lowest BCUT2D eigenvalue weighted by Crippen LogP contribution is -2.24. The van der Waals surface area contributed by atoms with Crippen molar-refractivity contribution >= 4 is 5.82 Å². The van der Waals surface area contributed by atoms with E-state index in [1.54, 1.807) is 24.3 Å². The summed E-state index contributed by atoms with van der Waals surface area (Å²) in [6.07, 6.45) is 0.730. The van der Waals surface area contributed by atoms with Gasteiger partial charge in [0.25, 0.3) is 0 Å². The number of hydrogen-bond acceptors (Lipinski definition) is 6. The fourth-order valence-corrected chi connectivity index (χ4v) is 3.31. The van der Waals surface area contributed by atoms with Gasteiger partial charge in [-0.15, -0.1) is 0 Å². The Morgan fingerprint density at radius 2 is 1.97 bits per heavy atom. The van der Waals surface area contributed by atoms with E-state index in [9.17, 15) is 14.3 Å². The van der Waals surface area contributed by atoms with Crippen molar-refractivity contribution in [2.24, 2.45) is 5.73 Å². The van der Waals surface area contributed by atoms with Crippen molar-refractivity contribution in [1.82, 2.24) is 4.98 Å². The number of aromatic amines is 1. The van der Waals surface area contributed by atoms with Gasteiger partial charge in [-0.05, 0) is 42.8 Å². The number of phenolic OH excluding ortho intramolecular Hbond substituents is 1. The number of nitrogens with one attached hydrogen (secondary N) is 1. The largest absolute Gasteiger partial charge is 0.504 e. The fraction of sp³-hybridized carbons (Fsp3) is 0.217. The molecule has 0 amide bonds. The Hall–Kier alpha value is -3.83. The van der Waals surface area contributed by atoms with Crippen LogP contribution in [0.15, 0.2) is 47.3 Å². The molecule has 0 saturated heterocycles. The Labute approximate surface area is 179 Å². The molecule has 0 aliphatic rings. The highest BCUT2D eigenvalue weighted by molar-refractivity contribution is 5.83. The maximum atomic E-state index is 14.4. The number of benzene rings is 2. The number of nitrogens with two attached hydrogens (primary N) is 1. The zero-order valence-corrected chi connectivity index (χ0v) is 17.3. The molecule has 3 aromatic rings. The summed E-state index contributed by atoms with van der Waals surface area (Å²) in [5.41, 5.74) is 6.66. The van der Waals surface area contributed by atoms with E-state index in [0.29, 0.717) is 35.7 Å². The second-order valence-corrected chi connectivity index (χ2v) is 7.03. The van der Waals surface area contributed by atoms with Gasteiger partial charge in [0.05, 0.1) is 23.9 Å². The normalized spacial score (nSPS) is 10.5. The zero-order chi connectivity index (χ0) is 22.5. The number of methoxy groups -OCH3 is 1. The molecule has 3 rings (SSSR count). The lowest BCUT2D eigenvalue weighted by Gasteiger charge is -2.21. The smallest absolute Gasteiger partial charge is 0.192 e. The zero-order valence-electron chi connectivity index (χ0n) is 17.3. The van der Waals surface area contributed by atoms with E-state index in [-0.39, 0.29) is 28.1 Å². The first-order chi connectivity index (χ1) is 14.9. The number of pyridine rings is 1. The number of phenols is 1. The van der Waals surface area contributed by atoms with Gasteiger partial charge in [0, 0.05) is 25.2 Å². The van der Waals surface area contributed by atoms with E-state index in [1.165, 1.54) is 31.4 Å². The maximum Gasteiger partial charge on any atom is 0.192 e. The third kappa shape index (κ3) is 4.52. The minimum Gasteiger partial charge on any atom is -0.504 e. The van der Waals surface area contributed by atoms with Crippen LogP contribution in [-0.4, -0.2) is 37.3 Å². The van der Waals surface area contributed by atoms with Gasteiger partial charge in [0.15, 0.2) is 16.9 Å². The summed E-state index contributed by atoms with van der Waals surface area (Å²) in [5.74, 6) is -0.00393. The summed E-state index contributed by atoms with van der Waals surface area (Å²) in [6, 6.07) is 12.0. The highest BCUT2D eigenvalue weighted by atomic mass is 19.1. The molecule has 8 heteroatoms. The fourth-order valence-electron chi connectivity index (χ4n) is 3.31. The van der Waals surface area contributed by atoms with Gasteiger partial charge in [0.2, 0.25) is 0 Å². The highest BCUT2D eigenvalue weighted by Crippen LogP contribution is 2.35. The number of nitriles is 1. The predicted octanol–water partition coefficient (Wildman–Crippen LogP) is 3.22. The summed E-state index contributed by atoms with van der Waals surface area (Å²) in [6.45, 7) is 1.13. The second-order valence-electron chi connectivity index (χ2n) is 7.03. The molecule has 0 aliphatic heterocycles. The maximum absolute atomic E-state index is 14.4. The van der Waals surface area contributed by atoms with Gasteiger partial charge in [-0.1, -0.05) is 12.1 Å². The lowest BCUT2D eigenvalue weighted by molar-refractivity contribution is 0.373. The van der Waals surface area contributed by atoms with Crippen molar-refractivity contribution in [3.05, 3.63) is 64.1 Å². The lowest BCUT2D eigenvalue weighted by atomic mass is 9.97. The van der Waals surface area contributed by atoms with Crippen LogP contribution < -0.4 is 20.8 Å². The van der Waals surface area contributed by atoms with Gasteiger partial charge >= 0.3 is 0 Å². The number of aromatic hydroxyl groups is 1. The van der Waals surface area contributed by atoms with Crippen molar-refractivity contribution in [3.8, 4) is 40.0 Å². The molecule has 0 atom stereocenters. The monoisotopic (exact) mass is 422 g/mol. The van der Waals surface area contributed by atoms with E-state index < -0.39 is 5.82 Å². The van der Waals surface area contributed by atoms with Gasteiger partial charge in [0.1, 0.15) is 17.7 Å². The van der Waals surface area contributed by atoms with Crippen LogP contribution in [0.25, 0.3) is 22.4 Å². The number of H-pyrrole nitrogens is 1. The number of anilines is 1. The molecule has 0 bridgehead atoms. The first kappa shape index (κ1) is 21.9. The van der Waals surface area contributed by atoms with Crippen LogP contribution >= 0.6 is 0 Å². The SMILES string of the molecule is COc1ccc(-c2c(-c3ccc(C#N)c(F)c3)[nH]c(N(C)CCCN)cc2=O)cc1O. The minimum absolute atomic E-state index is 0.0917. The molecule has 2 aromatic carbocycles. The first-order valence-electron chi connectivity index (χ1n) is 9.65. The van der Waals surface area contributed by atoms with Gasteiger partial charge < -0.3 is 25.5 Å². The Kier molecular flexibility index (Phi) is 6.58. The quantitative estimate of drug-likeness (QED) is 0.539. The Morgan fingerprint density at radius 3 is 2.58 bits per heavy atom. The molecule has 0 saturated carbocycles. The van der Waals surface area contributed by atoms with Crippen LogP contribution in [0, 0.1) is 17.1 Å². The molecule has 0 aliphatic carbocycles. The van der Waals surface area contributed by atoms with Crippen LogP contribution in [0.5, 0.6) is 11.5 Å². The van der Waals surface area contributed by atoms with Gasteiger partial charge in [-0.2, -0.15) is 5.26 Å². The van der Waals surface area contributed by atoms with Crippen LogP contribution in [0.4, 0.5) is 10.2 Å². The number of nitrogens with zero attached hydrogens (tertiary/aromatic N) is 2. The van der Waals surface area contributed by atoms with Gasteiger partial charge in [-0.25, -0.2) is 4.39 Å². The molecule has 1 aromatic heterocycles. The number of halogens is 1. The number of hydrogen-bond donors (Lipinski definition) is 3. The molecule has 0 radical (unpaired) electrons. The second kappa shape index (κ2) is 9.32. The van der Waals surface area contributed by atoms with E-state index in [1.807, 2.05) is 11.9 Å². The van der Waals surface area contributed by atoms with Crippen molar-refractivity contribution < 1.29 is 14.2 Å². The van der Waals surface area contributed by atoms with Gasteiger partial charge in [-0.3, -0.25) is 4.79 Å². The minimum atomic E-state index is -0.689. The molecule has 7 nitrogen and oxygen atoms in total. The predicted molar refractivity (Wildman–Crippen MR) is 118 cm³/mol. The number of aromatic nitrogens is 1. The Balaban J connectivity index is 2.24. The summed E-state index contributed by atoms with van der Waals surface area (Å²) >= 11 is 0. The molecule has 0 spiro atoms. The van der Waals surface area contributed by atoms with Crippen LogP contribution in [0.3, 0.4) is 0 Å². The molecule has 0 unspecified atom stereocenters. The van der Waals surface area contributed by atoms with Crippen molar-refractivity contribution in [3.63, 3.8) is 0 Å². The standard InChI is InChI=1S/C23H23FN4O3/c1-28(9-3-8-25)21-12-19(30)22(14-6-7-20(31-2)18(29)11-14)23(27-21)15-4-5-16(13-26)17(24)10-15/h4-7,10-12,29H,3,8-9,25H2,1-2H3,(H,27,30). The average molecular weight is 422 g/mol. The van der Waals surface area contributed by atoms with E-state index >= 15 is 0 Å². The average Bonchev–Trinajstić information content (AvgIpc) is 2.76. The first-order valence-corrected chi connectivity index (χ1v) is 9.65. The number of rotatable bonds is 7. The highest BCUT2D eigenvalue weighted by Gasteiger charge is 2.18. The van der Waals surface area contributed by atoms with Crippen LogP contribution in [0.1, 0.15) is 12.0 Å². The van der Waals surface area contributed by atoms with Crippen molar-refractivity contribution in [2.45, 2.75) is 6.42 Å². The summed E-state index contributed by atoms with van der Waals surface area (Å²) in [7, 11) is 3.25. The topological polar surface area (TPSA) is 115 Å². The number of ether oxygens (including phenoxy) is 1. The Bertz CT molecular complexity index is 1200. The summed E-state index contributed by atoms with van der Waals surface area (Å²) in [4.78, 5) is 18.2. The van der Waals surface area contributed by atoms with Crippen molar-refractivity contribution in [2.75, 3.05) is 32.1 Å². The van der Waals surface area contributed by atoms with Crippen LogP contribution in [0.2, 0.25) is 0 Å². The van der Waals surface area contributed by atoms with Crippen molar-refractivity contribution in [1.29, 1.82) is 5.26 Å². The summed E-state index contributed by atoms with van der Waals surface area (Å²) < 4.78 is 19.4. The Morgan fingerprint density at radius 1 is 1.23 bits per heavy atom. The molecule has 31 heavy (non-hydrogen) atoms. The third-order valence-corrected chi connectivity index (χ3v) is 4.97. The molecular weight excluding hydrogens is 399 g/mol. The molecular formula is C23H23FN4O3. The van der Waals surface area contributed by atoms with E-state index in [4.69, 9.17) is 15.7 Å². The van der Waals surface area contributed by atoms with E-state index in [0.717, 1.165) is 6.42 Å². The van der Waals surface area contributed by atoms with E-state index in [2.05, 4.69) is 4.98 Å². The third-order valence-electron chi connectivity index (χ3n) is 4.97. The molecule has 0 fully saturated rings. The molecule has 4 N–H and O–H groups in total. The summed E-state index contributed by atoms with van der Waals surface area (Å²) in [5, 5.41) is 19.2. The molecule has 1 heterocycles.